The zero-order valence-electron chi connectivity index (χ0n) is 47.3. The lowest BCUT2D eigenvalue weighted by Crippen LogP contribution is -2.79. The molecule has 6 saturated heterocycles. The van der Waals surface area contributed by atoms with Gasteiger partial charge in [-0.15, -0.1) is 0 Å². The number of imide groups is 2. The molecule has 2 atom stereocenters. The third-order valence-corrected chi connectivity index (χ3v) is 20.5. The van der Waals surface area contributed by atoms with Gasteiger partial charge in [-0.1, -0.05) is 0 Å². The molecule has 6 amide bonds. The van der Waals surface area contributed by atoms with Gasteiger partial charge in [0.1, 0.15) is 17.7 Å². The number of piperidine rings is 6. The van der Waals surface area contributed by atoms with Gasteiger partial charge in [-0.3, -0.25) is 49.2 Å². The molecule has 2 aromatic carbocycles. The van der Waals surface area contributed by atoms with E-state index in [2.05, 4.69) is 40.9 Å². The third-order valence-electron chi connectivity index (χ3n) is 20.5. The maximum Gasteiger partial charge on any atom is 0.338 e. The number of nitrogens with zero attached hydrogens (tertiary/aromatic N) is 4. The normalized spacial score (nSPS) is 31.4. The van der Waals surface area contributed by atoms with Crippen LogP contribution >= 0.6 is 0 Å². The first-order valence-corrected chi connectivity index (χ1v) is 30.2. The van der Waals surface area contributed by atoms with Crippen LogP contribution in [0.25, 0.3) is 0 Å². The second-order valence-electron chi connectivity index (χ2n) is 27.1. The number of nitrogens with one attached hydrogen (secondary N) is 4. The van der Waals surface area contributed by atoms with Crippen LogP contribution in [0, 0.1) is 34.5 Å². The molecule has 2 unspecified atom stereocenters. The smallest absolute Gasteiger partial charge is 0.338 e. The standard InChI is InChI=1S/C33H46N4O5.C29H38N4O5/c1-31(2,3)42-29(40)24-4-6-25(7-5-24)36-14-10-22(11-15-36)18-23-12-16-37(17-13-23)33-19-32(20-33,21-33)30(41)34-26-8-9-27(38)35-28(26)39;34-24-6-5-23(25(35)31-24)30-27(38)28-16-29(17-28,18-28)33-13-9-20(10-14-33)15-19-7-11-32(12-8-19)22-3-1-21(2-4-22)26(36)37/h4-7,22-23,26H,8-21H2,1-3H3,(H,34,41)(H,35,38,39);1-4,19-20,23H,5-18H2,(H,30,38)(H,36,37)(H,31,34,35). The Labute approximate surface area is 470 Å². The van der Waals surface area contributed by atoms with Crippen molar-refractivity contribution in [3.05, 3.63) is 59.7 Å². The van der Waals surface area contributed by atoms with E-state index in [9.17, 15) is 38.4 Å². The zero-order chi connectivity index (χ0) is 56.2. The Morgan fingerprint density at radius 1 is 0.525 bits per heavy atom. The molecule has 80 heavy (non-hydrogen) atoms. The van der Waals surface area contributed by atoms with Crippen LogP contribution in [0.4, 0.5) is 11.4 Å². The average Bonchev–Trinajstić information content (AvgIpc) is 3.04. The molecular weight excluding hydrogens is 1020 g/mol. The Balaban J connectivity index is 0.000000170. The molecule has 6 heterocycles. The number of esters is 1. The number of aromatic carboxylic acids is 1. The summed E-state index contributed by atoms with van der Waals surface area (Å²) >= 11 is 0. The number of benzene rings is 2. The van der Waals surface area contributed by atoms with E-state index < -0.39 is 23.7 Å². The number of hydrogen-bond donors (Lipinski definition) is 5. The Hall–Kier alpha value is -5.88. The van der Waals surface area contributed by atoms with E-state index in [1.165, 1.54) is 69.9 Å². The molecule has 5 N–H and O–H groups in total. The molecule has 6 aliphatic carbocycles. The summed E-state index contributed by atoms with van der Waals surface area (Å²) in [6.45, 7) is 14.3. The van der Waals surface area contributed by atoms with Crippen LogP contribution in [0.3, 0.4) is 0 Å². The van der Waals surface area contributed by atoms with Gasteiger partial charge in [0.2, 0.25) is 35.4 Å². The van der Waals surface area contributed by atoms with Crippen molar-refractivity contribution in [3.8, 4) is 0 Å². The first-order valence-electron chi connectivity index (χ1n) is 30.2. The molecule has 6 saturated carbocycles. The second-order valence-corrected chi connectivity index (χ2v) is 27.1. The van der Waals surface area contributed by atoms with Crippen molar-refractivity contribution in [1.82, 2.24) is 31.1 Å². The fourth-order valence-electron chi connectivity index (χ4n) is 15.9. The van der Waals surface area contributed by atoms with Gasteiger partial charge in [0, 0.05) is 61.5 Å². The average molecular weight is 1100 g/mol. The SMILES string of the molecule is CC(C)(C)OC(=O)c1ccc(N2CCC(CC3CCN(C45CC(C(=O)NC6CCC(=O)NC6=O)(C4)C5)CC3)CC2)cc1.O=C1CCC(NC(=O)C23CC(N4CCC(CC5CCN(c6ccc(C(=O)O)cc6)CC5)CC4)(C2)C3)C(=O)N1. The first kappa shape index (κ1) is 56.0. The lowest BCUT2D eigenvalue weighted by molar-refractivity contribution is -0.223. The highest BCUT2D eigenvalue weighted by molar-refractivity contribution is 6.03. The summed E-state index contributed by atoms with van der Waals surface area (Å²) in [4.78, 5) is 106. The first-order chi connectivity index (χ1) is 38.2. The van der Waals surface area contributed by atoms with E-state index in [1.807, 2.05) is 57.2 Å². The number of ether oxygens (including phenoxy) is 1. The molecule has 0 aromatic heterocycles. The Morgan fingerprint density at radius 3 is 1.19 bits per heavy atom. The molecule has 432 valence electrons. The maximum absolute atomic E-state index is 13.0. The van der Waals surface area contributed by atoms with Crippen LogP contribution in [0.15, 0.2) is 48.5 Å². The molecule has 0 radical (unpaired) electrons. The maximum atomic E-state index is 13.0. The van der Waals surface area contributed by atoms with E-state index in [-0.39, 0.29) is 76.2 Å². The Kier molecular flexibility index (Phi) is 15.5. The highest BCUT2D eigenvalue weighted by atomic mass is 16.6. The monoisotopic (exact) mass is 1100 g/mol. The predicted molar refractivity (Wildman–Crippen MR) is 299 cm³/mol. The van der Waals surface area contributed by atoms with Gasteiger partial charge in [0.15, 0.2) is 0 Å². The van der Waals surface area contributed by atoms with E-state index in [4.69, 9.17) is 9.84 Å². The number of anilines is 2. The van der Waals surface area contributed by atoms with Crippen molar-refractivity contribution < 1.29 is 48.2 Å². The predicted octanol–water partition coefficient (Wildman–Crippen LogP) is 6.35. The van der Waals surface area contributed by atoms with Gasteiger partial charge in [0.05, 0.1) is 22.0 Å². The van der Waals surface area contributed by atoms with Gasteiger partial charge >= 0.3 is 11.9 Å². The number of rotatable bonds is 14. The topological polar surface area (TPSA) is 227 Å². The largest absolute Gasteiger partial charge is 0.478 e. The molecule has 6 aliphatic heterocycles. The minimum Gasteiger partial charge on any atom is -0.478 e. The van der Waals surface area contributed by atoms with Crippen LogP contribution < -0.4 is 31.1 Å². The number of carboxylic acids is 1. The molecule has 12 fully saturated rings. The summed E-state index contributed by atoms with van der Waals surface area (Å²) < 4.78 is 5.49. The molecule has 18 heteroatoms. The summed E-state index contributed by atoms with van der Waals surface area (Å²) in [5, 5.41) is 19.6. The van der Waals surface area contributed by atoms with Gasteiger partial charge in [-0.2, -0.15) is 0 Å². The third kappa shape index (κ3) is 11.6. The van der Waals surface area contributed by atoms with E-state index in [0.717, 1.165) is 120 Å². The molecule has 12 aliphatic rings. The second kappa shape index (κ2) is 22.1. The van der Waals surface area contributed by atoms with E-state index in [0.29, 0.717) is 24.0 Å². The molecule has 2 aromatic rings. The van der Waals surface area contributed by atoms with E-state index >= 15 is 0 Å². The number of carboxylic acid groups (broad SMARTS) is 1. The van der Waals surface area contributed by atoms with Crippen LogP contribution in [0.5, 0.6) is 0 Å². The van der Waals surface area contributed by atoms with Crippen LogP contribution in [0.2, 0.25) is 0 Å². The van der Waals surface area contributed by atoms with Crippen LogP contribution in [-0.2, 0) is 33.5 Å². The minimum absolute atomic E-state index is 0.000846. The van der Waals surface area contributed by atoms with Crippen molar-refractivity contribution >= 4 is 58.8 Å². The van der Waals surface area contributed by atoms with Gasteiger partial charge in [-0.25, -0.2) is 9.59 Å². The summed E-state index contributed by atoms with van der Waals surface area (Å²) in [5.41, 5.74) is 2.50. The quantitative estimate of drug-likeness (QED) is 0.103. The highest BCUT2D eigenvalue weighted by Crippen LogP contribution is 2.71. The lowest BCUT2D eigenvalue weighted by Gasteiger charge is -2.73. The number of amides is 6. The summed E-state index contributed by atoms with van der Waals surface area (Å²) in [6, 6.07) is 13.9. The minimum atomic E-state index is -0.884. The number of carbonyl (C=O) groups is 8. The zero-order valence-corrected chi connectivity index (χ0v) is 47.3. The molecule has 0 spiro atoms. The Morgan fingerprint density at radius 2 is 0.863 bits per heavy atom. The van der Waals surface area contributed by atoms with Crippen molar-refractivity contribution in [2.24, 2.45) is 34.5 Å². The molecule has 18 nitrogen and oxygen atoms in total. The van der Waals surface area contributed by atoms with Gasteiger partial charge in [-0.05, 0) is 235 Å². The summed E-state index contributed by atoms with van der Waals surface area (Å²) in [6.07, 6.45) is 19.1. The van der Waals surface area contributed by atoms with Crippen molar-refractivity contribution in [3.63, 3.8) is 0 Å². The van der Waals surface area contributed by atoms with Crippen LogP contribution in [-0.4, -0.2) is 143 Å². The van der Waals surface area contributed by atoms with E-state index in [1.54, 1.807) is 12.1 Å². The number of likely N-dealkylation sites (tertiary alicyclic amines) is 2. The van der Waals surface area contributed by atoms with Gasteiger partial charge < -0.3 is 30.3 Å². The summed E-state index contributed by atoms with van der Waals surface area (Å²) in [5.74, 6) is 0.651. The molecular formula is C62H84N8O10. The van der Waals surface area contributed by atoms with Crippen molar-refractivity contribution in [2.45, 2.75) is 178 Å². The number of carbonyl (C=O) groups excluding carboxylic acids is 7. The van der Waals surface area contributed by atoms with Crippen molar-refractivity contribution in [1.29, 1.82) is 0 Å². The fourth-order valence-corrected chi connectivity index (χ4v) is 15.9. The fraction of sp³-hybridized carbons (Fsp3) is 0.677. The molecule has 14 rings (SSSR count). The van der Waals surface area contributed by atoms with Crippen molar-refractivity contribution in [2.75, 3.05) is 62.2 Å². The van der Waals surface area contributed by atoms with Crippen LogP contribution in [0.1, 0.15) is 170 Å². The number of hydrogen-bond acceptors (Lipinski definition) is 13. The van der Waals surface area contributed by atoms with Gasteiger partial charge in [0.25, 0.3) is 0 Å². The highest BCUT2D eigenvalue weighted by Gasteiger charge is 2.74. The Bertz CT molecular complexity index is 2670. The molecule has 4 bridgehead atoms. The summed E-state index contributed by atoms with van der Waals surface area (Å²) in [7, 11) is 0. The lowest BCUT2D eigenvalue weighted by atomic mass is 9.38.